The second-order valence-electron chi connectivity index (χ2n) is 4.06. The van der Waals surface area contributed by atoms with Gasteiger partial charge in [-0.3, -0.25) is 0 Å². The first-order valence-electron chi connectivity index (χ1n) is 6.22. The van der Waals surface area contributed by atoms with Crippen molar-refractivity contribution < 1.29 is 4.74 Å². The molecule has 5 heteroatoms. The Balaban J connectivity index is 1.93. The van der Waals surface area contributed by atoms with E-state index < -0.39 is 0 Å². The van der Waals surface area contributed by atoms with Crippen molar-refractivity contribution in [1.29, 1.82) is 0 Å². The average molecular weight is 278 g/mol. The summed E-state index contributed by atoms with van der Waals surface area (Å²) in [5.41, 5.74) is 1.05. The first kappa shape index (κ1) is 13.6. The second-order valence-corrected chi connectivity index (χ2v) is 4.50. The van der Waals surface area contributed by atoms with Crippen LogP contribution in [-0.2, 0) is 6.61 Å². The molecule has 0 radical (unpaired) electrons. The van der Waals surface area contributed by atoms with Gasteiger partial charge in [-0.15, -0.1) is 0 Å². The summed E-state index contributed by atoms with van der Waals surface area (Å²) >= 11 is 5.83. The fraction of sp³-hybridized carbons (Fsp3) is 0.286. The van der Waals surface area contributed by atoms with Crippen molar-refractivity contribution in [3.63, 3.8) is 0 Å². The van der Waals surface area contributed by atoms with Crippen LogP contribution in [0.25, 0.3) is 0 Å². The number of aromatic nitrogens is 2. The molecule has 1 heterocycles. The van der Waals surface area contributed by atoms with Gasteiger partial charge in [-0.25, -0.2) is 4.98 Å². The highest BCUT2D eigenvalue weighted by molar-refractivity contribution is 6.30. The lowest BCUT2D eigenvalue weighted by Gasteiger charge is -2.07. The molecule has 0 saturated carbocycles. The van der Waals surface area contributed by atoms with Crippen LogP contribution < -0.4 is 10.1 Å². The largest absolute Gasteiger partial charge is 0.473 e. The Bertz CT molecular complexity index is 516. The lowest BCUT2D eigenvalue weighted by molar-refractivity contribution is 0.294. The van der Waals surface area contributed by atoms with Crippen LogP contribution in [0.3, 0.4) is 0 Å². The Hall–Kier alpha value is -1.81. The average Bonchev–Trinajstić information content (AvgIpc) is 2.45. The van der Waals surface area contributed by atoms with E-state index in [4.69, 9.17) is 16.3 Å². The van der Waals surface area contributed by atoms with Crippen LogP contribution >= 0.6 is 11.6 Å². The molecular formula is C14H16ClN3O. The van der Waals surface area contributed by atoms with Crippen LogP contribution in [0.2, 0.25) is 5.02 Å². The van der Waals surface area contributed by atoms with E-state index in [9.17, 15) is 0 Å². The van der Waals surface area contributed by atoms with Gasteiger partial charge in [-0.05, 0) is 24.1 Å². The molecule has 1 N–H and O–H groups in total. The molecule has 0 atom stereocenters. The van der Waals surface area contributed by atoms with Gasteiger partial charge in [-0.2, -0.15) is 4.98 Å². The number of halogens is 1. The van der Waals surface area contributed by atoms with Crippen LogP contribution in [0.4, 0.5) is 5.95 Å². The van der Waals surface area contributed by atoms with Crippen molar-refractivity contribution in [3.8, 4) is 5.88 Å². The maximum absolute atomic E-state index is 5.83. The van der Waals surface area contributed by atoms with Crippen LogP contribution in [-0.4, -0.2) is 16.5 Å². The van der Waals surface area contributed by atoms with Crippen LogP contribution in [0, 0.1) is 0 Å². The zero-order valence-corrected chi connectivity index (χ0v) is 11.5. The van der Waals surface area contributed by atoms with E-state index in [2.05, 4.69) is 22.2 Å². The molecule has 1 aromatic heterocycles. The third-order valence-corrected chi connectivity index (χ3v) is 2.72. The SMILES string of the molecule is CCCNc1nccc(OCc2ccc(Cl)cc2)n1. The molecule has 0 unspecified atom stereocenters. The van der Waals surface area contributed by atoms with Crippen LogP contribution in [0.1, 0.15) is 18.9 Å². The maximum Gasteiger partial charge on any atom is 0.225 e. The predicted octanol–water partition coefficient (Wildman–Crippen LogP) is 3.53. The Kier molecular flexibility index (Phi) is 4.98. The van der Waals surface area contributed by atoms with Crippen molar-refractivity contribution in [1.82, 2.24) is 9.97 Å². The van der Waals surface area contributed by atoms with E-state index in [1.54, 1.807) is 12.3 Å². The molecule has 2 rings (SSSR count). The fourth-order valence-electron chi connectivity index (χ4n) is 1.48. The molecular weight excluding hydrogens is 262 g/mol. The minimum Gasteiger partial charge on any atom is -0.473 e. The van der Waals surface area contributed by atoms with Crippen molar-refractivity contribution in [2.45, 2.75) is 20.0 Å². The molecule has 19 heavy (non-hydrogen) atoms. The zero-order chi connectivity index (χ0) is 13.5. The number of ether oxygens (including phenoxy) is 1. The number of nitrogens with one attached hydrogen (secondary N) is 1. The summed E-state index contributed by atoms with van der Waals surface area (Å²) in [7, 11) is 0. The van der Waals surface area contributed by atoms with E-state index in [0.29, 0.717) is 18.4 Å². The maximum atomic E-state index is 5.83. The van der Waals surface area contributed by atoms with Gasteiger partial charge in [0.25, 0.3) is 0 Å². The summed E-state index contributed by atoms with van der Waals surface area (Å²) in [4.78, 5) is 8.40. The molecule has 0 bridgehead atoms. The van der Waals surface area contributed by atoms with Crippen LogP contribution in [0.15, 0.2) is 36.5 Å². The van der Waals surface area contributed by atoms with Crippen molar-refractivity contribution in [3.05, 3.63) is 47.1 Å². The minimum absolute atomic E-state index is 0.460. The van der Waals surface area contributed by atoms with Crippen molar-refractivity contribution in [2.75, 3.05) is 11.9 Å². The lowest BCUT2D eigenvalue weighted by Crippen LogP contribution is -2.05. The topological polar surface area (TPSA) is 47.0 Å². The summed E-state index contributed by atoms with van der Waals surface area (Å²) in [6.07, 6.45) is 2.71. The second kappa shape index (κ2) is 6.95. The molecule has 2 aromatic rings. The van der Waals surface area contributed by atoms with E-state index in [1.807, 2.05) is 24.3 Å². The normalized spacial score (nSPS) is 10.2. The molecule has 0 saturated heterocycles. The molecule has 0 fully saturated rings. The van der Waals surface area contributed by atoms with Gasteiger partial charge < -0.3 is 10.1 Å². The van der Waals surface area contributed by atoms with Gasteiger partial charge in [0, 0.05) is 23.8 Å². The Labute approximate surface area is 117 Å². The van der Waals surface area contributed by atoms with Gasteiger partial charge in [0.15, 0.2) is 0 Å². The Morgan fingerprint density at radius 2 is 2.00 bits per heavy atom. The van der Waals surface area contributed by atoms with E-state index >= 15 is 0 Å². The van der Waals surface area contributed by atoms with Crippen LogP contribution in [0.5, 0.6) is 5.88 Å². The summed E-state index contributed by atoms with van der Waals surface area (Å²) < 4.78 is 5.62. The van der Waals surface area contributed by atoms with Crippen molar-refractivity contribution >= 4 is 17.5 Å². The first-order valence-corrected chi connectivity index (χ1v) is 6.60. The van der Waals surface area contributed by atoms with Gasteiger partial charge in [0.2, 0.25) is 11.8 Å². The summed E-state index contributed by atoms with van der Waals surface area (Å²) in [5, 5.41) is 3.84. The molecule has 0 amide bonds. The zero-order valence-electron chi connectivity index (χ0n) is 10.8. The standard InChI is InChI=1S/C14H16ClN3O/c1-2-8-16-14-17-9-7-13(18-14)19-10-11-3-5-12(15)6-4-11/h3-7,9H,2,8,10H2,1H3,(H,16,17,18). The number of anilines is 1. The number of rotatable bonds is 6. The third-order valence-electron chi connectivity index (χ3n) is 2.46. The molecule has 0 aliphatic heterocycles. The summed E-state index contributed by atoms with van der Waals surface area (Å²) in [6, 6.07) is 9.29. The highest BCUT2D eigenvalue weighted by atomic mass is 35.5. The monoisotopic (exact) mass is 277 g/mol. The van der Waals surface area contributed by atoms with E-state index in [1.165, 1.54) is 0 Å². The van der Waals surface area contributed by atoms with Gasteiger partial charge in [0.1, 0.15) is 6.61 Å². The smallest absolute Gasteiger partial charge is 0.225 e. The molecule has 0 spiro atoms. The predicted molar refractivity (Wildman–Crippen MR) is 76.6 cm³/mol. The van der Waals surface area contributed by atoms with Gasteiger partial charge >= 0.3 is 0 Å². The highest BCUT2D eigenvalue weighted by Crippen LogP contribution is 2.13. The van der Waals surface area contributed by atoms with E-state index in [-0.39, 0.29) is 0 Å². The number of hydrogen-bond acceptors (Lipinski definition) is 4. The Morgan fingerprint density at radius 1 is 1.21 bits per heavy atom. The third kappa shape index (κ3) is 4.41. The van der Waals surface area contributed by atoms with Gasteiger partial charge in [-0.1, -0.05) is 30.7 Å². The Morgan fingerprint density at radius 3 is 2.74 bits per heavy atom. The first-order chi connectivity index (χ1) is 9.28. The molecule has 100 valence electrons. The lowest BCUT2D eigenvalue weighted by atomic mass is 10.2. The summed E-state index contributed by atoms with van der Waals surface area (Å²) in [5.74, 6) is 1.15. The quantitative estimate of drug-likeness (QED) is 0.877. The number of nitrogens with zero attached hydrogens (tertiary/aromatic N) is 2. The van der Waals surface area contributed by atoms with Crippen molar-refractivity contribution in [2.24, 2.45) is 0 Å². The highest BCUT2D eigenvalue weighted by Gasteiger charge is 2.00. The summed E-state index contributed by atoms with van der Waals surface area (Å²) in [6.45, 7) is 3.40. The van der Waals surface area contributed by atoms with E-state index in [0.717, 1.165) is 23.6 Å². The molecule has 0 aliphatic rings. The molecule has 1 aromatic carbocycles. The minimum atomic E-state index is 0.460. The number of hydrogen-bond donors (Lipinski definition) is 1. The number of benzene rings is 1. The van der Waals surface area contributed by atoms with Gasteiger partial charge in [0.05, 0.1) is 0 Å². The molecule has 0 aliphatic carbocycles. The fourth-order valence-corrected chi connectivity index (χ4v) is 1.61. The molecule has 4 nitrogen and oxygen atoms in total.